The molecule has 2 aromatic heterocycles. The van der Waals surface area contributed by atoms with Gasteiger partial charge in [0.1, 0.15) is 11.6 Å². The van der Waals surface area contributed by atoms with Gasteiger partial charge >= 0.3 is 0 Å². The molecule has 3 heterocycles. The van der Waals surface area contributed by atoms with Crippen molar-refractivity contribution in [3.05, 3.63) is 65.0 Å². The third-order valence-corrected chi connectivity index (χ3v) is 5.48. The summed E-state index contributed by atoms with van der Waals surface area (Å²) >= 11 is 6.09. The second kappa shape index (κ2) is 6.13. The van der Waals surface area contributed by atoms with Crippen LogP contribution in [0.15, 0.2) is 42.7 Å². The fourth-order valence-electron chi connectivity index (χ4n) is 3.76. The number of halogens is 2. The lowest BCUT2D eigenvalue weighted by Crippen LogP contribution is -1.98. The minimum atomic E-state index is -0.357. The first-order chi connectivity index (χ1) is 13.1. The molecule has 5 rings (SSSR count). The number of hydrogen-bond acceptors (Lipinski definition) is 3. The van der Waals surface area contributed by atoms with Crippen molar-refractivity contribution in [1.29, 1.82) is 0 Å². The number of aryl methyl sites for hydroxylation is 2. The van der Waals surface area contributed by atoms with Crippen LogP contribution in [0.3, 0.4) is 0 Å². The van der Waals surface area contributed by atoms with E-state index in [-0.39, 0.29) is 5.82 Å². The van der Waals surface area contributed by atoms with Crippen molar-refractivity contribution >= 4 is 22.6 Å². The highest BCUT2D eigenvalue weighted by Crippen LogP contribution is 2.38. The molecule has 0 atom stereocenters. The number of hydrogen-bond donors (Lipinski definition) is 0. The number of fused-ring (bicyclic) bond motifs is 2. The number of aromatic nitrogens is 4. The van der Waals surface area contributed by atoms with Crippen LogP contribution in [-0.2, 0) is 13.0 Å². The van der Waals surface area contributed by atoms with Gasteiger partial charge < -0.3 is 4.57 Å². The Morgan fingerprint density at radius 2 is 1.89 bits per heavy atom. The van der Waals surface area contributed by atoms with Crippen LogP contribution in [0.25, 0.3) is 33.5 Å². The molecule has 0 amide bonds. The maximum atomic E-state index is 14.8. The Hall–Kier alpha value is -2.79. The van der Waals surface area contributed by atoms with Gasteiger partial charge in [0.25, 0.3) is 0 Å². The highest BCUT2D eigenvalue weighted by Gasteiger charge is 2.25. The first-order valence-electron chi connectivity index (χ1n) is 8.88. The molecule has 0 N–H and O–H groups in total. The molecule has 0 fully saturated rings. The van der Waals surface area contributed by atoms with Gasteiger partial charge in [-0.05, 0) is 43.2 Å². The summed E-state index contributed by atoms with van der Waals surface area (Å²) in [4.78, 5) is 13.5. The van der Waals surface area contributed by atoms with Gasteiger partial charge in [0, 0.05) is 41.5 Å². The van der Waals surface area contributed by atoms with Crippen molar-refractivity contribution in [3.63, 3.8) is 0 Å². The molecule has 4 nitrogen and oxygen atoms in total. The maximum Gasteiger partial charge on any atom is 0.134 e. The molecule has 134 valence electrons. The summed E-state index contributed by atoms with van der Waals surface area (Å²) in [6, 6.07) is 9.09. The minimum absolute atomic E-state index is 0.357. The van der Waals surface area contributed by atoms with E-state index in [1.807, 2.05) is 25.1 Å². The molecular formula is C21H16ClFN4. The molecule has 0 spiro atoms. The molecular weight excluding hydrogens is 363 g/mol. The van der Waals surface area contributed by atoms with Crippen LogP contribution in [0.5, 0.6) is 0 Å². The van der Waals surface area contributed by atoms with E-state index in [0.29, 0.717) is 16.3 Å². The molecule has 1 aliphatic rings. The average Bonchev–Trinajstić information content (AvgIpc) is 3.25. The van der Waals surface area contributed by atoms with Crippen molar-refractivity contribution in [2.75, 3.05) is 0 Å². The summed E-state index contributed by atoms with van der Waals surface area (Å²) in [6.07, 6.45) is 5.30. The Balaban J connectivity index is 1.78. The minimum Gasteiger partial charge on any atom is -0.327 e. The standard InChI is InChI=1S/C21H16ClFN4/c1-12-9-14(16(23)11-15(12)22)20-21(27-8-2-3-19(27)26-20)13-4-5-17-18(10-13)25-7-6-24-17/h4-7,9-11H,2-3,8H2,1H3. The summed E-state index contributed by atoms with van der Waals surface area (Å²) in [5.41, 5.74) is 5.50. The molecule has 27 heavy (non-hydrogen) atoms. The summed E-state index contributed by atoms with van der Waals surface area (Å²) in [6.45, 7) is 2.75. The number of benzene rings is 2. The van der Waals surface area contributed by atoms with Crippen LogP contribution in [-0.4, -0.2) is 19.5 Å². The van der Waals surface area contributed by atoms with E-state index in [1.54, 1.807) is 18.5 Å². The predicted octanol–water partition coefficient (Wildman–Crippen LogP) is 5.21. The Morgan fingerprint density at radius 3 is 2.74 bits per heavy atom. The van der Waals surface area contributed by atoms with Gasteiger partial charge in [-0.2, -0.15) is 0 Å². The van der Waals surface area contributed by atoms with E-state index in [2.05, 4.69) is 14.5 Å². The lowest BCUT2D eigenvalue weighted by atomic mass is 10.0. The first-order valence-corrected chi connectivity index (χ1v) is 9.26. The summed E-state index contributed by atoms with van der Waals surface area (Å²) in [7, 11) is 0. The fraction of sp³-hybridized carbons (Fsp3) is 0.190. The van der Waals surface area contributed by atoms with Crippen LogP contribution in [0.4, 0.5) is 4.39 Å². The van der Waals surface area contributed by atoms with Crippen molar-refractivity contribution in [2.24, 2.45) is 0 Å². The van der Waals surface area contributed by atoms with Gasteiger partial charge in [-0.3, -0.25) is 9.97 Å². The molecule has 0 aliphatic carbocycles. The molecule has 0 unspecified atom stereocenters. The Morgan fingerprint density at radius 1 is 1.07 bits per heavy atom. The van der Waals surface area contributed by atoms with Crippen LogP contribution >= 0.6 is 11.6 Å². The summed E-state index contributed by atoms with van der Waals surface area (Å²) in [5, 5.41) is 0.422. The SMILES string of the molecule is Cc1cc(-c2nc3n(c2-c2ccc4nccnc4c2)CCC3)c(F)cc1Cl. The van der Waals surface area contributed by atoms with Gasteiger partial charge in [-0.15, -0.1) is 0 Å². The molecule has 2 aromatic carbocycles. The Labute approximate surface area is 160 Å². The number of imidazole rings is 1. The van der Waals surface area contributed by atoms with E-state index in [1.165, 1.54) is 6.07 Å². The summed E-state index contributed by atoms with van der Waals surface area (Å²) < 4.78 is 17.0. The van der Waals surface area contributed by atoms with E-state index in [9.17, 15) is 4.39 Å². The van der Waals surface area contributed by atoms with Crippen LogP contribution in [0.2, 0.25) is 5.02 Å². The fourth-order valence-corrected chi connectivity index (χ4v) is 3.91. The normalized spacial score (nSPS) is 13.3. The van der Waals surface area contributed by atoms with Gasteiger partial charge in [0.2, 0.25) is 0 Å². The van der Waals surface area contributed by atoms with Crippen LogP contribution in [0.1, 0.15) is 17.8 Å². The van der Waals surface area contributed by atoms with E-state index < -0.39 is 0 Å². The van der Waals surface area contributed by atoms with Crippen molar-refractivity contribution < 1.29 is 4.39 Å². The molecule has 0 radical (unpaired) electrons. The highest BCUT2D eigenvalue weighted by atomic mass is 35.5. The maximum absolute atomic E-state index is 14.8. The second-order valence-electron chi connectivity index (χ2n) is 6.82. The number of nitrogens with zero attached hydrogens (tertiary/aromatic N) is 4. The quantitative estimate of drug-likeness (QED) is 0.481. The average molecular weight is 379 g/mol. The molecule has 1 aliphatic heterocycles. The predicted molar refractivity (Wildman–Crippen MR) is 104 cm³/mol. The summed E-state index contributed by atoms with van der Waals surface area (Å²) in [5.74, 6) is 0.635. The topological polar surface area (TPSA) is 43.6 Å². The zero-order valence-corrected chi connectivity index (χ0v) is 15.5. The van der Waals surface area contributed by atoms with Crippen LogP contribution < -0.4 is 0 Å². The van der Waals surface area contributed by atoms with Gasteiger partial charge in [0.05, 0.1) is 22.4 Å². The monoisotopic (exact) mass is 378 g/mol. The van der Waals surface area contributed by atoms with Gasteiger partial charge in [-0.1, -0.05) is 17.7 Å². The molecule has 4 aromatic rings. The zero-order chi connectivity index (χ0) is 18.5. The van der Waals surface area contributed by atoms with Crippen molar-refractivity contribution in [2.45, 2.75) is 26.3 Å². The molecule has 6 heteroatoms. The zero-order valence-electron chi connectivity index (χ0n) is 14.7. The lowest BCUT2D eigenvalue weighted by Gasteiger charge is -2.11. The van der Waals surface area contributed by atoms with Gasteiger partial charge in [0.15, 0.2) is 0 Å². The Kier molecular flexibility index (Phi) is 3.72. The Bertz CT molecular complexity index is 1200. The van der Waals surface area contributed by atoms with Crippen molar-refractivity contribution in [1.82, 2.24) is 19.5 Å². The smallest absolute Gasteiger partial charge is 0.134 e. The third kappa shape index (κ3) is 2.61. The first kappa shape index (κ1) is 16.4. The molecule has 0 bridgehead atoms. The third-order valence-electron chi connectivity index (χ3n) is 5.07. The van der Waals surface area contributed by atoms with E-state index in [4.69, 9.17) is 16.6 Å². The van der Waals surface area contributed by atoms with E-state index >= 15 is 0 Å². The van der Waals surface area contributed by atoms with Gasteiger partial charge in [-0.25, -0.2) is 9.37 Å². The largest absolute Gasteiger partial charge is 0.327 e. The lowest BCUT2D eigenvalue weighted by molar-refractivity contribution is 0.630. The van der Waals surface area contributed by atoms with E-state index in [0.717, 1.165) is 53.1 Å². The molecule has 0 saturated heterocycles. The van der Waals surface area contributed by atoms with Crippen LogP contribution in [0, 0.1) is 12.7 Å². The second-order valence-corrected chi connectivity index (χ2v) is 7.23. The molecule has 0 saturated carbocycles. The van der Waals surface area contributed by atoms with Crippen molar-refractivity contribution in [3.8, 4) is 22.5 Å². The highest BCUT2D eigenvalue weighted by molar-refractivity contribution is 6.31. The number of rotatable bonds is 2.